The third kappa shape index (κ3) is 7.99. The zero-order valence-electron chi connectivity index (χ0n) is 17.2. The summed E-state index contributed by atoms with van der Waals surface area (Å²) in [4.78, 5) is 15.0. The summed E-state index contributed by atoms with van der Waals surface area (Å²) in [5.74, 6) is -0.793. The summed E-state index contributed by atoms with van der Waals surface area (Å²) in [5, 5.41) is 8.67. The van der Waals surface area contributed by atoms with E-state index in [1.165, 1.54) is 19.3 Å². The number of allylic oxidation sites excluding steroid dienone is 2. The monoisotopic (exact) mass is 404 g/mol. The van der Waals surface area contributed by atoms with Crippen molar-refractivity contribution in [1.29, 1.82) is 0 Å². The topological polar surface area (TPSA) is 54.6 Å². The Morgan fingerprint density at radius 1 is 1.07 bits per heavy atom. The number of unbranched alkanes of at least 4 members (excludes halogenated alkanes) is 6. The van der Waals surface area contributed by atoms with E-state index in [0.29, 0.717) is 36.3 Å². The van der Waals surface area contributed by atoms with E-state index in [1.54, 1.807) is 18.2 Å². The van der Waals surface area contributed by atoms with Crippen LogP contribution in [0.5, 0.6) is 0 Å². The lowest BCUT2D eigenvalue weighted by atomic mass is 10.1. The Bertz CT molecular complexity index is 754. The molecule has 2 heterocycles. The van der Waals surface area contributed by atoms with E-state index in [2.05, 4.69) is 11.9 Å². The minimum Gasteiger partial charge on any atom is -0.481 e. The largest absolute Gasteiger partial charge is 0.677 e. The van der Waals surface area contributed by atoms with Crippen molar-refractivity contribution in [3.05, 3.63) is 41.4 Å². The number of aromatic nitrogens is 1. The minimum atomic E-state index is -2.57. The molecule has 0 aromatic carbocycles. The van der Waals surface area contributed by atoms with E-state index in [9.17, 15) is 13.4 Å². The third-order valence-electron chi connectivity index (χ3n) is 5.10. The van der Waals surface area contributed by atoms with Gasteiger partial charge in [-0.3, -0.25) is 18.4 Å². The first-order valence-corrected chi connectivity index (χ1v) is 10.7. The van der Waals surface area contributed by atoms with Gasteiger partial charge in [0.2, 0.25) is 0 Å². The average molecular weight is 404 g/mol. The van der Waals surface area contributed by atoms with Gasteiger partial charge in [0.05, 0.1) is 5.70 Å². The Kier molecular flexibility index (Phi) is 9.88. The van der Waals surface area contributed by atoms with E-state index in [1.807, 2.05) is 12.2 Å². The number of carbonyl (C=O) groups is 1. The lowest BCUT2D eigenvalue weighted by molar-refractivity contribution is -0.137. The van der Waals surface area contributed by atoms with E-state index < -0.39 is 13.4 Å². The summed E-state index contributed by atoms with van der Waals surface area (Å²) in [7, 11) is -2.57. The molecule has 29 heavy (non-hydrogen) atoms. The molecule has 0 unspecified atom stereocenters. The van der Waals surface area contributed by atoms with Crippen LogP contribution in [-0.4, -0.2) is 28.7 Å². The Labute approximate surface area is 172 Å². The third-order valence-corrected chi connectivity index (χ3v) is 5.10. The van der Waals surface area contributed by atoms with Crippen LogP contribution in [0.15, 0.2) is 35.0 Å². The number of aliphatic imine (C=N–C) groups is 1. The first kappa shape index (κ1) is 23.1. The molecular weight excluding hydrogens is 373 g/mol. The number of aliphatic carboxylic acids is 1. The highest BCUT2D eigenvalue weighted by Crippen LogP contribution is 2.21. The number of hydrogen-bond acceptors (Lipinski definition) is 2. The number of halogens is 2. The molecule has 1 aliphatic rings. The van der Waals surface area contributed by atoms with Crippen LogP contribution in [0.4, 0.5) is 8.63 Å². The standard InChI is InChI=1S/C22H31BF2N2O2/c1-2-3-4-5-6-7-11-20-15-16-21(27(20)23(24)25)17-19-14-13-18(26-19)10-8-9-12-22(28)29/h13-17H,2-12H2,1H3,(H,28,29)/b19-17-. The summed E-state index contributed by atoms with van der Waals surface area (Å²) >= 11 is 0. The number of carboxylic acid groups (broad SMARTS) is 1. The Balaban J connectivity index is 1.93. The Morgan fingerprint density at radius 2 is 1.79 bits per heavy atom. The molecule has 1 aromatic heterocycles. The van der Waals surface area contributed by atoms with Crippen molar-refractivity contribution in [2.75, 3.05) is 0 Å². The predicted molar refractivity (Wildman–Crippen MR) is 116 cm³/mol. The van der Waals surface area contributed by atoms with Crippen LogP contribution in [0.25, 0.3) is 6.08 Å². The fraction of sp³-hybridized carbons (Fsp3) is 0.545. The predicted octanol–water partition coefficient (Wildman–Crippen LogP) is 6.16. The molecular formula is C22H31BF2N2O2. The van der Waals surface area contributed by atoms with Crippen LogP contribution in [-0.2, 0) is 11.2 Å². The van der Waals surface area contributed by atoms with Gasteiger partial charge in [-0.1, -0.05) is 39.0 Å². The molecule has 0 aliphatic carbocycles. The van der Waals surface area contributed by atoms with Crippen LogP contribution in [0, 0.1) is 0 Å². The molecule has 158 valence electrons. The fourth-order valence-corrected chi connectivity index (χ4v) is 3.53. The van der Waals surface area contributed by atoms with E-state index in [-0.39, 0.29) is 6.42 Å². The maximum atomic E-state index is 13.7. The maximum Gasteiger partial charge on any atom is 0.677 e. The highest BCUT2D eigenvalue weighted by atomic mass is 19.2. The summed E-state index contributed by atoms with van der Waals surface area (Å²) < 4.78 is 28.4. The second kappa shape index (κ2) is 12.4. The van der Waals surface area contributed by atoms with Gasteiger partial charge in [0.15, 0.2) is 0 Å². The number of carboxylic acids is 1. The van der Waals surface area contributed by atoms with Gasteiger partial charge in [-0.25, -0.2) is 0 Å². The summed E-state index contributed by atoms with van der Waals surface area (Å²) in [6.45, 7) is 2.18. The van der Waals surface area contributed by atoms with Gasteiger partial charge in [0, 0.05) is 23.5 Å². The van der Waals surface area contributed by atoms with Crippen molar-refractivity contribution in [1.82, 2.24) is 4.48 Å². The van der Waals surface area contributed by atoms with Gasteiger partial charge in [0.25, 0.3) is 0 Å². The molecule has 2 rings (SSSR count). The van der Waals surface area contributed by atoms with Gasteiger partial charge < -0.3 is 9.58 Å². The zero-order chi connectivity index (χ0) is 21.1. The van der Waals surface area contributed by atoms with Gasteiger partial charge in [0.1, 0.15) is 0 Å². The van der Waals surface area contributed by atoms with Crippen LogP contribution in [0.3, 0.4) is 0 Å². The highest BCUT2D eigenvalue weighted by molar-refractivity contribution is 6.41. The number of aryl methyl sites for hydroxylation is 1. The van der Waals surface area contributed by atoms with E-state index in [4.69, 9.17) is 5.11 Å². The van der Waals surface area contributed by atoms with E-state index >= 15 is 0 Å². The van der Waals surface area contributed by atoms with Crippen molar-refractivity contribution in [3.63, 3.8) is 0 Å². The molecule has 0 atom stereocenters. The van der Waals surface area contributed by atoms with E-state index in [0.717, 1.165) is 35.9 Å². The molecule has 0 bridgehead atoms. The lowest BCUT2D eigenvalue weighted by Crippen LogP contribution is -2.17. The van der Waals surface area contributed by atoms with Gasteiger partial charge in [-0.15, -0.1) is 0 Å². The Hall–Kier alpha value is -2.18. The lowest BCUT2D eigenvalue weighted by Gasteiger charge is -2.09. The molecule has 1 aliphatic heterocycles. The maximum absolute atomic E-state index is 13.7. The Morgan fingerprint density at radius 3 is 2.52 bits per heavy atom. The van der Waals surface area contributed by atoms with Crippen molar-refractivity contribution < 1.29 is 18.5 Å². The second-order valence-corrected chi connectivity index (χ2v) is 7.52. The quantitative estimate of drug-likeness (QED) is 0.298. The number of rotatable bonds is 14. The van der Waals surface area contributed by atoms with Crippen LogP contribution < -0.4 is 0 Å². The first-order chi connectivity index (χ1) is 14.0. The van der Waals surface area contributed by atoms with Gasteiger partial charge in [-0.05, 0) is 62.5 Å². The normalized spacial score (nSPS) is 14.6. The first-order valence-electron chi connectivity index (χ1n) is 10.7. The van der Waals surface area contributed by atoms with Crippen molar-refractivity contribution in [2.45, 2.75) is 77.6 Å². The number of nitrogens with zero attached hydrogens (tertiary/aromatic N) is 2. The molecule has 4 nitrogen and oxygen atoms in total. The molecule has 0 saturated heterocycles. The fourth-order valence-electron chi connectivity index (χ4n) is 3.53. The van der Waals surface area contributed by atoms with Gasteiger partial charge in [-0.2, -0.15) is 0 Å². The van der Waals surface area contributed by atoms with Crippen LogP contribution >= 0.6 is 0 Å². The molecule has 0 spiro atoms. The SMILES string of the molecule is CCCCCCCCc1ccc(/C=C2/C=CC(CCCCC(=O)O)=N2)n1B(F)F. The average Bonchev–Trinajstić information content (AvgIpc) is 3.29. The van der Waals surface area contributed by atoms with Gasteiger partial charge >= 0.3 is 13.4 Å². The summed E-state index contributed by atoms with van der Waals surface area (Å²) in [6.07, 6.45) is 15.1. The zero-order valence-corrected chi connectivity index (χ0v) is 17.2. The number of hydrogen-bond donors (Lipinski definition) is 1. The molecule has 0 fully saturated rings. The molecule has 1 aromatic rings. The molecule has 0 saturated carbocycles. The molecule has 0 radical (unpaired) electrons. The summed E-state index contributed by atoms with van der Waals surface area (Å²) in [5.41, 5.74) is 2.66. The van der Waals surface area contributed by atoms with Crippen molar-refractivity contribution in [2.24, 2.45) is 4.99 Å². The van der Waals surface area contributed by atoms with Crippen molar-refractivity contribution >= 4 is 25.2 Å². The highest BCUT2D eigenvalue weighted by Gasteiger charge is 2.23. The second-order valence-electron chi connectivity index (χ2n) is 7.52. The van der Waals surface area contributed by atoms with Crippen LogP contribution in [0.1, 0.15) is 82.5 Å². The van der Waals surface area contributed by atoms with Crippen LogP contribution in [0.2, 0.25) is 0 Å². The molecule has 7 heteroatoms. The summed E-state index contributed by atoms with van der Waals surface area (Å²) in [6, 6.07) is 3.53. The minimum absolute atomic E-state index is 0.156. The molecule has 1 N–H and O–H groups in total. The smallest absolute Gasteiger partial charge is 0.481 e. The molecule has 0 amide bonds. The van der Waals surface area contributed by atoms with Crippen molar-refractivity contribution in [3.8, 4) is 0 Å².